The van der Waals surface area contributed by atoms with Crippen molar-refractivity contribution in [2.24, 2.45) is 5.92 Å². The van der Waals surface area contributed by atoms with Gasteiger partial charge in [-0.25, -0.2) is 0 Å². The van der Waals surface area contributed by atoms with Crippen LogP contribution >= 0.6 is 0 Å². The highest BCUT2D eigenvalue weighted by atomic mass is 16.5. The fourth-order valence-electron chi connectivity index (χ4n) is 2.90. The molecule has 1 aromatic carbocycles. The Bertz CT molecular complexity index is 545. The average Bonchev–Trinajstić information content (AvgIpc) is 2.56. The summed E-state index contributed by atoms with van der Waals surface area (Å²) in [5.41, 5.74) is 2.88. The Balaban J connectivity index is 1.98. The molecule has 5 heteroatoms. The molecule has 1 fully saturated rings. The number of amides is 2. The van der Waals surface area contributed by atoms with E-state index in [1.807, 2.05) is 39.0 Å². The number of aryl methyl sites for hydroxylation is 2. The summed E-state index contributed by atoms with van der Waals surface area (Å²) in [6, 6.07) is 5.89. The SMILES string of the molecule is CCN(CC(=O)Nc1c(C)cccc1C)C(=O)C1CCCOC1. The van der Waals surface area contributed by atoms with Gasteiger partial charge in [-0.3, -0.25) is 9.59 Å². The van der Waals surface area contributed by atoms with Crippen LogP contribution in [-0.2, 0) is 14.3 Å². The Kier molecular flexibility index (Phi) is 6.16. The van der Waals surface area contributed by atoms with Crippen LogP contribution < -0.4 is 5.32 Å². The largest absolute Gasteiger partial charge is 0.381 e. The topological polar surface area (TPSA) is 58.6 Å². The van der Waals surface area contributed by atoms with E-state index in [1.54, 1.807) is 4.90 Å². The van der Waals surface area contributed by atoms with Gasteiger partial charge in [0, 0.05) is 18.8 Å². The summed E-state index contributed by atoms with van der Waals surface area (Å²) in [4.78, 5) is 26.5. The highest BCUT2D eigenvalue weighted by Gasteiger charge is 2.27. The van der Waals surface area contributed by atoms with Gasteiger partial charge in [-0.05, 0) is 44.7 Å². The standard InChI is InChI=1S/C18H26N2O3/c1-4-20(18(22)15-9-6-10-23-12-15)11-16(21)19-17-13(2)7-5-8-14(17)3/h5,7-8,15H,4,6,9-12H2,1-3H3,(H,19,21). The highest BCUT2D eigenvalue weighted by Crippen LogP contribution is 2.20. The lowest BCUT2D eigenvalue weighted by Crippen LogP contribution is -2.43. The second-order valence-electron chi connectivity index (χ2n) is 6.08. The first-order chi connectivity index (χ1) is 11.0. The zero-order chi connectivity index (χ0) is 16.8. The third-order valence-electron chi connectivity index (χ3n) is 4.28. The number of carbonyl (C=O) groups is 2. The van der Waals surface area contributed by atoms with Gasteiger partial charge in [0.25, 0.3) is 0 Å². The average molecular weight is 318 g/mol. The summed E-state index contributed by atoms with van der Waals surface area (Å²) in [5, 5.41) is 2.94. The molecule has 1 unspecified atom stereocenters. The van der Waals surface area contributed by atoms with E-state index in [0.717, 1.165) is 36.3 Å². The molecular formula is C18H26N2O3. The Labute approximate surface area is 138 Å². The van der Waals surface area contributed by atoms with Crippen LogP contribution in [0.1, 0.15) is 30.9 Å². The number of para-hydroxylation sites is 1. The van der Waals surface area contributed by atoms with E-state index >= 15 is 0 Å². The smallest absolute Gasteiger partial charge is 0.244 e. The van der Waals surface area contributed by atoms with Crippen molar-refractivity contribution in [3.05, 3.63) is 29.3 Å². The summed E-state index contributed by atoms with van der Waals surface area (Å²) in [7, 11) is 0. The van der Waals surface area contributed by atoms with Crippen LogP contribution in [0.3, 0.4) is 0 Å². The molecule has 0 spiro atoms. The molecule has 1 heterocycles. The molecule has 1 aromatic rings. The van der Waals surface area contributed by atoms with Crippen molar-refractivity contribution in [3.63, 3.8) is 0 Å². The fourth-order valence-corrected chi connectivity index (χ4v) is 2.90. The number of benzene rings is 1. The van der Waals surface area contributed by atoms with Crippen molar-refractivity contribution < 1.29 is 14.3 Å². The molecule has 2 amide bonds. The van der Waals surface area contributed by atoms with E-state index in [4.69, 9.17) is 4.74 Å². The number of nitrogens with zero attached hydrogens (tertiary/aromatic N) is 1. The predicted molar refractivity (Wildman–Crippen MR) is 90.3 cm³/mol. The Morgan fingerprint density at radius 2 is 2.00 bits per heavy atom. The van der Waals surface area contributed by atoms with Crippen LogP contribution in [0.2, 0.25) is 0 Å². The zero-order valence-electron chi connectivity index (χ0n) is 14.2. The normalized spacial score (nSPS) is 17.6. The van der Waals surface area contributed by atoms with Gasteiger partial charge in [-0.1, -0.05) is 18.2 Å². The summed E-state index contributed by atoms with van der Waals surface area (Å²) < 4.78 is 5.38. The van der Waals surface area contributed by atoms with E-state index < -0.39 is 0 Å². The third kappa shape index (κ3) is 4.55. The van der Waals surface area contributed by atoms with Crippen LogP contribution in [0, 0.1) is 19.8 Å². The van der Waals surface area contributed by atoms with Crippen molar-refractivity contribution in [2.45, 2.75) is 33.6 Å². The van der Waals surface area contributed by atoms with E-state index in [-0.39, 0.29) is 24.3 Å². The second-order valence-corrected chi connectivity index (χ2v) is 6.08. The Morgan fingerprint density at radius 3 is 2.57 bits per heavy atom. The summed E-state index contributed by atoms with van der Waals surface area (Å²) in [6.45, 7) is 7.62. The van der Waals surface area contributed by atoms with Gasteiger partial charge in [0.1, 0.15) is 0 Å². The van der Waals surface area contributed by atoms with Crippen molar-refractivity contribution in [3.8, 4) is 0 Å². The van der Waals surface area contributed by atoms with Gasteiger partial charge >= 0.3 is 0 Å². The molecule has 1 aliphatic rings. The molecule has 1 aliphatic heterocycles. The van der Waals surface area contributed by atoms with Crippen molar-refractivity contribution >= 4 is 17.5 Å². The summed E-state index contributed by atoms with van der Waals surface area (Å²) in [6.07, 6.45) is 1.75. The van der Waals surface area contributed by atoms with E-state index in [0.29, 0.717) is 13.2 Å². The molecule has 1 saturated heterocycles. The first-order valence-electron chi connectivity index (χ1n) is 8.25. The second kappa shape index (κ2) is 8.11. The number of nitrogens with one attached hydrogen (secondary N) is 1. The zero-order valence-corrected chi connectivity index (χ0v) is 14.2. The van der Waals surface area contributed by atoms with E-state index in [1.165, 1.54) is 0 Å². The number of carbonyl (C=O) groups excluding carboxylic acids is 2. The van der Waals surface area contributed by atoms with Gasteiger partial charge < -0.3 is 15.0 Å². The van der Waals surface area contributed by atoms with Crippen LogP contribution in [0.4, 0.5) is 5.69 Å². The van der Waals surface area contributed by atoms with Gasteiger partial charge in [0.2, 0.25) is 11.8 Å². The van der Waals surface area contributed by atoms with Gasteiger partial charge in [0.15, 0.2) is 0 Å². The molecule has 0 aliphatic carbocycles. The lowest BCUT2D eigenvalue weighted by Gasteiger charge is -2.28. The molecule has 23 heavy (non-hydrogen) atoms. The van der Waals surface area contributed by atoms with Gasteiger partial charge in [-0.2, -0.15) is 0 Å². The minimum Gasteiger partial charge on any atom is -0.381 e. The molecule has 0 radical (unpaired) electrons. The number of ether oxygens (including phenoxy) is 1. The number of hydrogen-bond acceptors (Lipinski definition) is 3. The minimum absolute atomic E-state index is 0.0175. The molecule has 2 rings (SSSR count). The molecule has 1 N–H and O–H groups in total. The number of likely N-dealkylation sites (N-methyl/N-ethyl adjacent to an activating group) is 1. The molecule has 126 valence electrons. The lowest BCUT2D eigenvalue weighted by molar-refractivity contribution is -0.141. The maximum atomic E-state index is 12.5. The monoisotopic (exact) mass is 318 g/mol. The van der Waals surface area contributed by atoms with E-state index in [9.17, 15) is 9.59 Å². The summed E-state index contributed by atoms with van der Waals surface area (Å²) in [5.74, 6) is -0.255. The third-order valence-corrected chi connectivity index (χ3v) is 4.28. The number of rotatable bonds is 5. The molecule has 1 atom stereocenters. The van der Waals surface area contributed by atoms with Crippen LogP contribution in [0.25, 0.3) is 0 Å². The lowest BCUT2D eigenvalue weighted by atomic mass is 10.0. The first-order valence-corrected chi connectivity index (χ1v) is 8.25. The van der Waals surface area contributed by atoms with E-state index in [2.05, 4.69) is 5.32 Å². The van der Waals surface area contributed by atoms with Crippen LogP contribution in [0.5, 0.6) is 0 Å². The molecule has 5 nitrogen and oxygen atoms in total. The van der Waals surface area contributed by atoms with Crippen LogP contribution in [-0.4, -0.2) is 43.0 Å². The van der Waals surface area contributed by atoms with Crippen LogP contribution in [0.15, 0.2) is 18.2 Å². The van der Waals surface area contributed by atoms with Crippen molar-refractivity contribution in [2.75, 3.05) is 31.6 Å². The Hall–Kier alpha value is -1.88. The predicted octanol–water partition coefficient (Wildman–Crippen LogP) is 2.52. The first kappa shape index (κ1) is 17.5. The number of anilines is 1. The molecule has 0 saturated carbocycles. The fraction of sp³-hybridized carbons (Fsp3) is 0.556. The molecule has 0 bridgehead atoms. The highest BCUT2D eigenvalue weighted by molar-refractivity contribution is 5.96. The maximum absolute atomic E-state index is 12.5. The van der Waals surface area contributed by atoms with Gasteiger partial charge in [0.05, 0.1) is 19.1 Å². The summed E-state index contributed by atoms with van der Waals surface area (Å²) >= 11 is 0. The molecule has 0 aromatic heterocycles. The van der Waals surface area contributed by atoms with Crippen molar-refractivity contribution in [1.82, 2.24) is 4.90 Å². The number of hydrogen-bond donors (Lipinski definition) is 1. The maximum Gasteiger partial charge on any atom is 0.244 e. The Morgan fingerprint density at radius 1 is 1.30 bits per heavy atom. The quantitative estimate of drug-likeness (QED) is 0.907. The van der Waals surface area contributed by atoms with Crippen molar-refractivity contribution in [1.29, 1.82) is 0 Å². The van der Waals surface area contributed by atoms with Gasteiger partial charge in [-0.15, -0.1) is 0 Å². The molecular weight excluding hydrogens is 292 g/mol. The minimum atomic E-state index is -0.158.